The van der Waals surface area contributed by atoms with E-state index in [0.29, 0.717) is 10.6 Å². The van der Waals surface area contributed by atoms with Gasteiger partial charge in [-0.25, -0.2) is 8.42 Å². The lowest BCUT2D eigenvalue weighted by Gasteiger charge is -2.22. The average Bonchev–Trinajstić information content (AvgIpc) is 3.10. The van der Waals surface area contributed by atoms with Gasteiger partial charge in [-0.1, -0.05) is 43.2 Å². The van der Waals surface area contributed by atoms with Crippen molar-refractivity contribution in [3.63, 3.8) is 0 Å². The van der Waals surface area contributed by atoms with Gasteiger partial charge in [-0.2, -0.15) is 0 Å². The minimum Gasteiger partial charge on any atom is -0.349 e. The number of aryl methyl sites for hydroxylation is 1. The van der Waals surface area contributed by atoms with Crippen molar-refractivity contribution in [2.45, 2.75) is 46.2 Å². The number of hydrogen-bond donors (Lipinski definition) is 1. The Kier molecular flexibility index (Phi) is 6.83. The van der Waals surface area contributed by atoms with Crippen LogP contribution in [0.15, 0.2) is 48.5 Å². The third kappa shape index (κ3) is 5.40. The van der Waals surface area contributed by atoms with Gasteiger partial charge in [-0.15, -0.1) is 11.3 Å². The van der Waals surface area contributed by atoms with Gasteiger partial charge >= 0.3 is 0 Å². The zero-order valence-electron chi connectivity index (χ0n) is 17.8. The Hall–Kier alpha value is -2.38. The van der Waals surface area contributed by atoms with E-state index in [-0.39, 0.29) is 18.5 Å². The second kappa shape index (κ2) is 9.18. The van der Waals surface area contributed by atoms with Crippen LogP contribution in [0.3, 0.4) is 0 Å². The van der Waals surface area contributed by atoms with E-state index in [1.807, 2.05) is 56.3 Å². The summed E-state index contributed by atoms with van der Waals surface area (Å²) < 4.78 is 27.4. The molecule has 0 unspecified atom stereocenters. The van der Waals surface area contributed by atoms with E-state index in [0.717, 1.165) is 34.1 Å². The van der Waals surface area contributed by atoms with E-state index in [1.54, 1.807) is 6.07 Å². The Morgan fingerprint density at radius 2 is 1.83 bits per heavy atom. The smallest absolute Gasteiger partial charge is 0.261 e. The van der Waals surface area contributed by atoms with Gasteiger partial charge in [0.15, 0.2) is 0 Å². The van der Waals surface area contributed by atoms with Crippen molar-refractivity contribution >= 4 is 43.0 Å². The van der Waals surface area contributed by atoms with Crippen molar-refractivity contribution < 1.29 is 13.2 Å². The molecule has 7 heteroatoms. The highest BCUT2D eigenvalue weighted by molar-refractivity contribution is 7.92. The SMILES string of the molecule is CCC[C@@H](C)NC(=O)c1cc2cc(N(Cc3ccc(C)cc3)S(C)(=O)=O)ccc2s1. The molecule has 0 saturated heterocycles. The van der Waals surface area contributed by atoms with Crippen LogP contribution in [0, 0.1) is 6.92 Å². The first kappa shape index (κ1) is 22.3. The van der Waals surface area contributed by atoms with Crippen LogP contribution in [-0.2, 0) is 16.6 Å². The lowest BCUT2D eigenvalue weighted by molar-refractivity contribution is 0.0942. The molecule has 0 aliphatic rings. The number of hydrogen-bond acceptors (Lipinski definition) is 4. The van der Waals surface area contributed by atoms with Crippen molar-refractivity contribution in [1.82, 2.24) is 5.32 Å². The lowest BCUT2D eigenvalue weighted by Crippen LogP contribution is -2.31. The first-order valence-electron chi connectivity index (χ1n) is 10.0. The maximum Gasteiger partial charge on any atom is 0.261 e. The molecule has 2 aromatic carbocycles. The van der Waals surface area contributed by atoms with Gasteiger partial charge in [-0.05, 0) is 55.5 Å². The molecule has 160 valence electrons. The number of rotatable bonds is 8. The average molecular weight is 445 g/mol. The van der Waals surface area contributed by atoms with Crippen LogP contribution in [0.2, 0.25) is 0 Å². The summed E-state index contributed by atoms with van der Waals surface area (Å²) in [6.45, 7) is 6.35. The molecule has 0 saturated carbocycles. The van der Waals surface area contributed by atoms with Crippen LogP contribution >= 0.6 is 11.3 Å². The Morgan fingerprint density at radius 3 is 2.47 bits per heavy atom. The molecule has 30 heavy (non-hydrogen) atoms. The first-order valence-corrected chi connectivity index (χ1v) is 12.7. The number of amides is 1. The van der Waals surface area contributed by atoms with Gasteiger partial charge in [-0.3, -0.25) is 9.10 Å². The minimum atomic E-state index is -3.47. The number of carbonyl (C=O) groups excluding carboxylic acids is 1. The van der Waals surface area contributed by atoms with E-state index in [4.69, 9.17) is 0 Å². The predicted octanol–water partition coefficient (Wildman–Crippen LogP) is 5.09. The Balaban J connectivity index is 1.89. The molecule has 1 atom stereocenters. The molecule has 0 aliphatic carbocycles. The molecule has 0 spiro atoms. The zero-order chi connectivity index (χ0) is 21.9. The van der Waals surface area contributed by atoms with Crippen LogP contribution in [0.1, 0.15) is 47.5 Å². The van der Waals surface area contributed by atoms with Gasteiger partial charge in [0.05, 0.1) is 23.4 Å². The highest BCUT2D eigenvalue weighted by Gasteiger charge is 2.19. The fourth-order valence-electron chi connectivity index (χ4n) is 3.36. The van der Waals surface area contributed by atoms with Crippen molar-refractivity contribution in [2.75, 3.05) is 10.6 Å². The normalized spacial score (nSPS) is 12.7. The monoisotopic (exact) mass is 444 g/mol. The Labute approximate surface area is 182 Å². The van der Waals surface area contributed by atoms with Gasteiger partial charge < -0.3 is 5.32 Å². The van der Waals surface area contributed by atoms with E-state index in [9.17, 15) is 13.2 Å². The second-order valence-electron chi connectivity index (χ2n) is 7.75. The van der Waals surface area contributed by atoms with Gasteiger partial charge in [0.2, 0.25) is 10.0 Å². The fraction of sp³-hybridized carbons (Fsp3) is 0.348. The Morgan fingerprint density at radius 1 is 1.13 bits per heavy atom. The second-order valence-corrected chi connectivity index (χ2v) is 10.7. The molecule has 0 bridgehead atoms. The van der Waals surface area contributed by atoms with Crippen LogP contribution in [0.4, 0.5) is 5.69 Å². The number of anilines is 1. The highest BCUT2D eigenvalue weighted by atomic mass is 32.2. The molecule has 1 aromatic heterocycles. The molecule has 1 amide bonds. The number of nitrogens with one attached hydrogen (secondary N) is 1. The number of benzene rings is 2. The number of nitrogens with zero attached hydrogens (tertiary/aromatic N) is 1. The molecular formula is C23H28N2O3S2. The molecule has 5 nitrogen and oxygen atoms in total. The molecule has 0 fully saturated rings. The molecule has 0 radical (unpaired) electrons. The summed E-state index contributed by atoms with van der Waals surface area (Å²) in [5, 5.41) is 3.89. The van der Waals surface area contributed by atoms with Crippen LogP contribution in [-0.4, -0.2) is 26.6 Å². The maximum atomic E-state index is 12.5. The summed E-state index contributed by atoms with van der Waals surface area (Å²) in [6, 6.07) is 15.3. The lowest BCUT2D eigenvalue weighted by atomic mass is 10.1. The molecule has 1 N–H and O–H groups in total. The zero-order valence-corrected chi connectivity index (χ0v) is 19.4. The first-order chi connectivity index (χ1) is 14.2. The largest absolute Gasteiger partial charge is 0.349 e. The quantitative estimate of drug-likeness (QED) is 0.526. The molecular weight excluding hydrogens is 416 g/mol. The number of fused-ring (bicyclic) bond motifs is 1. The molecule has 3 rings (SSSR count). The minimum absolute atomic E-state index is 0.0849. The summed E-state index contributed by atoms with van der Waals surface area (Å²) in [7, 11) is -3.47. The molecule has 1 heterocycles. The Bertz CT molecular complexity index is 1130. The summed E-state index contributed by atoms with van der Waals surface area (Å²) in [5.74, 6) is -0.0849. The van der Waals surface area contributed by atoms with E-state index < -0.39 is 10.0 Å². The summed E-state index contributed by atoms with van der Waals surface area (Å²) in [5.41, 5.74) is 2.64. The fourth-order valence-corrected chi connectivity index (χ4v) is 5.18. The standard InChI is InChI=1S/C23H28N2O3S2/c1-5-6-17(3)24-23(26)22-14-19-13-20(11-12-21(19)29-22)25(30(4,27)28)15-18-9-7-16(2)8-10-18/h7-14,17H,5-6,15H2,1-4H3,(H,24,26)/t17-/m1/s1. The van der Waals surface area contributed by atoms with Crippen LogP contribution < -0.4 is 9.62 Å². The highest BCUT2D eigenvalue weighted by Crippen LogP contribution is 2.31. The van der Waals surface area contributed by atoms with Gasteiger partial charge in [0.1, 0.15) is 0 Å². The maximum absolute atomic E-state index is 12.5. The molecule has 3 aromatic rings. The van der Waals surface area contributed by atoms with Crippen LogP contribution in [0.25, 0.3) is 10.1 Å². The van der Waals surface area contributed by atoms with Crippen molar-refractivity contribution in [3.05, 3.63) is 64.5 Å². The van der Waals surface area contributed by atoms with Crippen molar-refractivity contribution in [1.29, 1.82) is 0 Å². The summed E-state index contributed by atoms with van der Waals surface area (Å²) in [4.78, 5) is 13.2. The predicted molar refractivity (Wildman–Crippen MR) is 126 cm³/mol. The third-order valence-corrected chi connectivity index (χ3v) is 7.21. The summed E-state index contributed by atoms with van der Waals surface area (Å²) in [6.07, 6.45) is 3.16. The van der Waals surface area contributed by atoms with Crippen molar-refractivity contribution in [2.24, 2.45) is 0 Å². The van der Waals surface area contributed by atoms with Gasteiger partial charge in [0, 0.05) is 10.7 Å². The number of carbonyl (C=O) groups is 1. The molecule has 0 aliphatic heterocycles. The van der Waals surface area contributed by atoms with Crippen molar-refractivity contribution in [3.8, 4) is 0 Å². The van der Waals surface area contributed by atoms with E-state index in [1.165, 1.54) is 21.9 Å². The third-order valence-electron chi connectivity index (χ3n) is 4.96. The van der Waals surface area contributed by atoms with E-state index >= 15 is 0 Å². The number of thiophene rings is 1. The van der Waals surface area contributed by atoms with Gasteiger partial charge in [0.25, 0.3) is 5.91 Å². The summed E-state index contributed by atoms with van der Waals surface area (Å²) >= 11 is 1.42. The van der Waals surface area contributed by atoms with Crippen LogP contribution in [0.5, 0.6) is 0 Å². The van der Waals surface area contributed by atoms with E-state index in [2.05, 4.69) is 12.2 Å². The number of sulfonamides is 1. The topological polar surface area (TPSA) is 66.5 Å².